The molecule has 0 aliphatic rings. The number of hydrogen-bond donors (Lipinski definition) is 0. The van der Waals surface area contributed by atoms with E-state index in [4.69, 9.17) is 0 Å². The lowest BCUT2D eigenvalue weighted by atomic mass is 10.3. The number of carbonyl (C=O) groups is 1. The van der Waals surface area contributed by atoms with E-state index in [1.165, 1.54) is 7.11 Å². The van der Waals surface area contributed by atoms with Crippen molar-refractivity contribution in [3.8, 4) is 0 Å². The first-order chi connectivity index (χ1) is 9.20. The summed E-state index contributed by atoms with van der Waals surface area (Å²) >= 11 is 0. The highest BCUT2D eigenvalue weighted by Crippen LogP contribution is 2.10. The minimum Gasteiger partial charge on any atom is -0.464 e. The molecule has 0 atom stereocenters. The quantitative estimate of drug-likeness (QED) is 0.770. The Morgan fingerprint density at radius 3 is 2.68 bits per heavy atom. The molecule has 19 heavy (non-hydrogen) atoms. The fraction of sp³-hybridized carbons (Fsp3) is 0.231. The van der Waals surface area contributed by atoms with Gasteiger partial charge in [0, 0.05) is 13.2 Å². The van der Waals surface area contributed by atoms with Crippen LogP contribution >= 0.6 is 0 Å². The van der Waals surface area contributed by atoms with Gasteiger partial charge in [-0.3, -0.25) is 4.98 Å². The highest BCUT2D eigenvalue weighted by molar-refractivity contribution is 5.86. The topological polar surface area (TPSA) is 68.2 Å². The van der Waals surface area contributed by atoms with Crippen LogP contribution in [0.3, 0.4) is 0 Å². The van der Waals surface area contributed by atoms with E-state index in [0.29, 0.717) is 12.4 Å². The fourth-order valence-corrected chi connectivity index (χ4v) is 1.56. The second-order valence-corrected chi connectivity index (χ2v) is 3.95. The van der Waals surface area contributed by atoms with Gasteiger partial charge in [-0.15, -0.1) is 10.2 Å². The van der Waals surface area contributed by atoms with E-state index >= 15 is 0 Å². The van der Waals surface area contributed by atoms with Crippen LogP contribution in [0.2, 0.25) is 0 Å². The second-order valence-electron chi connectivity index (χ2n) is 3.95. The van der Waals surface area contributed by atoms with Gasteiger partial charge in [-0.2, -0.15) is 0 Å². The molecule has 2 aromatic rings. The zero-order valence-electron chi connectivity index (χ0n) is 10.8. The molecule has 0 saturated heterocycles. The van der Waals surface area contributed by atoms with Crippen LogP contribution in [-0.2, 0) is 11.3 Å². The molecule has 2 heterocycles. The molecule has 0 fully saturated rings. The molecule has 6 nitrogen and oxygen atoms in total. The number of carbonyl (C=O) groups excluding carboxylic acids is 1. The fourth-order valence-electron chi connectivity index (χ4n) is 1.56. The molecule has 0 amide bonds. The van der Waals surface area contributed by atoms with Crippen molar-refractivity contribution >= 4 is 11.8 Å². The number of methoxy groups -OCH3 is 1. The van der Waals surface area contributed by atoms with E-state index in [-0.39, 0.29) is 5.69 Å². The Hall–Kier alpha value is -2.50. The Bertz CT molecular complexity index is 542. The van der Waals surface area contributed by atoms with Crippen LogP contribution in [-0.4, -0.2) is 35.3 Å². The summed E-state index contributed by atoms with van der Waals surface area (Å²) in [7, 11) is 3.20. The highest BCUT2D eigenvalue weighted by Gasteiger charge is 2.10. The largest absolute Gasteiger partial charge is 0.464 e. The van der Waals surface area contributed by atoms with Crippen molar-refractivity contribution in [2.75, 3.05) is 19.1 Å². The number of rotatable bonds is 4. The Balaban J connectivity index is 2.07. The smallest absolute Gasteiger partial charge is 0.358 e. The van der Waals surface area contributed by atoms with Crippen LogP contribution in [0.4, 0.5) is 5.82 Å². The summed E-state index contributed by atoms with van der Waals surface area (Å²) in [5, 5.41) is 7.82. The Kier molecular flexibility index (Phi) is 4.02. The third-order valence-electron chi connectivity index (χ3n) is 2.56. The van der Waals surface area contributed by atoms with Gasteiger partial charge in [0.15, 0.2) is 11.5 Å². The average molecular weight is 258 g/mol. The number of anilines is 1. The van der Waals surface area contributed by atoms with E-state index in [0.717, 1.165) is 5.69 Å². The lowest BCUT2D eigenvalue weighted by Crippen LogP contribution is -2.19. The SMILES string of the molecule is COC(=O)c1ccc(N(C)Cc2ccccn2)nn1. The number of aromatic nitrogens is 3. The van der Waals surface area contributed by atoms with Crippen LogP contribution in [0.5, 0.6) is 0 Å². The number of pyridine rings is 1. The van der Waals surface area contributed by atoms with Crippen molar-refractivity contribution in [1.82, 2.24) is 15.2 Å². The predicted molar refractivity (Wildman–Crippen MR) is 69.7 cm³/mol. The molecule has 0 N–H and O–H groups in total. The third kappa shape index (κ3) is 3.25. The molecule has 0 spiro atoms. The van der Waals surface area contributed by atoms with Crippen molar-refractivity contribution in [1.29, 1.82) is 0 Å². The van der Waals surface area contributed by atoms with E-state index in [2.05, 4.69) is 19.9 Å². The molecular weight excluding hydrogens is 244 g/mol. The summed E-state index contributed by atoms with van der Waals surface area (Å²) in [6.07, 6.45) is 1.75. The van der Waals surface area contributed by atoms with E-state index in [1.807, 2.05) is 30.1 Å². The minimum atomic E-state index is -0.494. The zero-order valence-corrected chi connectivity index (χ0v) is 10.8. The molecule has 2 rings (SSSR count). The van der Waals surface area contributed by atoms with Crippen molar-refractivity contribution in [2.45, 2.75) is 6.54 Å². The maximum absolute atomic E-state index is 11.2. The highest BCUT2D eigenvalue weighted by atomic mass is 16.5. The van der Waals surface area contributed by atoms with Gasteiger partial charge < -0.3 is 9.64 Å². The summed E-state index contributed by atoms with van der Waals surface area (Å²) in [4.78, 5) is 17.4. The maximum Gasteiger partial charge on any atom is 0.358 e. The predicted octanol–water partition coefficient (Wildman–Crippen LogP) is 1.29. The second kappa shape index (κ2) is 5.90. The molecule has 0 unspecified atom stereocenters. The Morgan fingerprint density at radius 1 is 1.26 bits per heavy atom. The summed E-state index contributed by atoms with van der Waals surface area (Å²) < 4.78 is 4.57. The van der Waals surface area contributed by atoms with Gasteiger partial charge in [0.2, 0.25) is 0 Å². The number of hydrogen-bond acceptors (Lipinski definition) is 6. The third-order valence-corrected chi connectivity index (χ3v) is 2.56. The summed E-state index contributed by atoms with van der Waals surface area (Å²) in [5.41, 5.74) is 1.13. The maximum atomic E-state index is 11.2. The first-order valence-electron chi connectivity index (χ1n) is 5.74. The summed E-state index contributed by atoms with van der Waals surface area (Å²) in [6.45, 7) is 0.618. The van der Waals surface area contributed by atoms with Crippen LogP contribution in [0.25, 0.3) is 0 Å². The molecular formula is C13H14N4O2. The number of esters is 1. The Labute approximate surface area is 111 Å². The molecule has 6 heteroatoms. The van der Waals surface area contributed by atoms with Gasteiger partial charge in [-0.05, 0) is 24.3 Å². The average Bonchev–Trinajstić information content (AvgIpc) is 2.47. The van der Waals surface area contributed by atoms with Gasteiger partial charge in [0.25, 0.3) is 0 Å². The van der Waals surface area contributed by atoms with Gasteiger partial charge in [-0.1, -0.05) is 6.07 Å². The molecule has 0 aromatic carbocycles. The lowest BCUT2D eigenvalue weighted by Gasteiger charge is -2.16. The zero-order chi connectivity index (χ0) is 13.7. The van der Waals surface area contributed by atoms with Crippen LogP contribution in [0, 0.1) is 0 Å². The van der Waals surface area contributed by atoms with Crippen molar-refractivity contribution < 1.29 is 9.53 Å². The minimum absolute atomic E-state index is 0.192. The first-order valence-corrected chi connectivity index (χ1v) is 5.74. The Morgan fingerprint density at radius 2 is 2.11 bits per heavy atom. The van der Waals surface area contributed by atoms with E-state index in [9.17, 15) is 4.79 Å². The van der Waals surface area contributed by atoms with Crippen LogP contribution < -0.4 is 4.90 Å². The normalized spacial score (nSPS) is 10.0. The first kappa shape index (κ1) is 12.9. The van der Waals surface area contributed by atoms with Gasteiger partial charge in [0.05, 0.1) is 19.3 Å². The lowest BCUT2D eigenvalue weighted by molar-refractivity contribution is 0.0592. The van der Waals surface area contributed by atoms with Gasteiger partial charge in [0.1, 0.15) is 0 Å². The molecule has 2 aromatic heterocycles. The number of ether oxygens (including phenoxy) is 1. The van der Waals surface area contributed by atoms with Crippen LogP contribution in [0.1, 0.15) is 16.2 Å². The van der Waals surface area contributed by atoms with Crippen LogP contribution in [0.15, 0.2) is 36.5 Å². The molecule has 0 aliphatic carbocycles. The van der Waals surface area contributed by atoms with Gasteiger partial charge >= 0.3 is 5.97 Å². The van der Waals surface area contributed by atoms with Gasteiger partial charge in [-0.25, -0.2) is 4.79 Å². The van der Waals surface area contributed by atoms with E-state index in [1.54, 1.807) is 18.3 Å². The standard InChI is InChI=1S/C13H14N4O2/c1-17(9-10-5-3-4-8-14-10)12-7-6-11(15-16-12)13(18)19-2/h3-8H,9H2,1-2H3. The molecule has 0 radical (unpaired) electrons. The van der Waals surface area contributed by atoms with Crippen molar-refractivity contribution in [2.24, 2.45) is 0 Å². The van der Waals surface area contributed by atoms with E-state index < -0.39 is 5.97 Å². The number of nitrogens with zero attached hydrogens (tertiary/aromatic N) is 4. The van der Waals surface area contributed by atoms with Crippen molar-refractivity contribution in [3.05, 3.63) is 47.9 Å². The molecule has 0 saturated carbocycles. The van der Waals surface area contributed by atoms with Crippen molar-refractivity contribution in [3.63, 3.8) is 0 Å². The summed E-state index contributed by atoms with van der Waals surface area (Å²) in [6, 6.07) is 9.05. The molecule has 98 valence electrons. The summed E-state index contributed by atoms with van der Waals surface area (Å²) in [5.74, 6) is 0.171. The monoisotopic (exact) mass is 258 g/mol. The molecule has 0 bridgehead atoms. The molecule has 0 aliphatic heterocycles.